The van der Waals surface area contributed by atoms with E-state index in [9.17, 15) is 20.0 Å². The summed E-state index contributed by atoms with van der Waals surface area (Å²) < 4.78 is 0.694. The van der Waals surface area contributed by atoms with Crippen LogP contribution in [-0.2, 0) is 0 Å². The number of nitro benzene ring substituents is 1. The summed E-state index contributed by atoms with van der Waals surface area (Å²) >= 11 is 1.04. The van der Waals surface area contributed by atoms with E-state index in [2.05, 4.69) is 0 Å². The van der Waals surface area contributed by atoms with Crippen molar-refractivity contribution >= 4 is 33.1 Å². The second kappa shape index (κ2) is 3.32. The van der Waals surface area contributed by atoms with Gasteiger partial charge in [-0.25, -0.2) is 0 Å². The summed E-state index contributed by atoms with van der Waals surface area (Å²) in [5, 5.41) is 21.6. The van der Waals surface area contributed by atoms with Gasteiger partial charge in [-0.05, 0) is 17.5 Å². The van der Waals surface area contributed by atoms with E-state index in [-0.39, 0.29) is 10.6 Å². The van der Waals surface area contributed by atoms with E-state index in [0.29, 0.717) is 10.1 Å². The second-order valence-electron chi connectivity index (χ2n) is 2.88. The zero-order valence-electron chi connectivity index (χ0n) is 7.30. The Labute approximate surface area is 87.7 Å². The highest BCUT2D eigenvalue weighted by Crippen LogP contribution is 2.28. The molecule has 5 nitrogen and oxygen atoms in total. The van der Waals surface area contributed by atoms with E-state index < -0.39 is 10.9 Å². The lowest BCUT2D eigenvalue weighted by Gasteiger charge is -1.92. The van der Waals surface area contributed by atoms with Crippen LogP contribution in [0.1, 0.15) is 9.67 Å². The summed E-state index contributed by atoms with van der Waals surface area (Å²) in [4.78, 5) is 20.6. The van der Waals surface area contributed by atoms with Crippen LogP contribution in [0.2, 0.25) is 0 Å². The van der Waals surface area contributed by atoms with Gasteiger partial charge in [0.25, 0.3) is 5.69 Å². The molecule has 0 aliphatic rings. The number of rotatable bonds is 2. The first-order chi connectivity index (χ1) is 7.08. The molecular formula is C9H4NO4S-. The number of carbonyl (C=O) groups is 1. The predicted molar refractivity (Wildman–Crippen MR) is 52.8 cm³/mol. The molecule has 0 spiro atoms. The molecule has 2 aromatic rings. The molecule has 0 N–H and O–H groups in total. The average molecular weight is 222 g/mol. The van der Waals surface area contributed by atoms with Gasteiger partial charge in [-0.2, -0.15) is 0 Å². The Balaban J connectivity index is 2.62. The Morgan fingerprint density at radius 3 is 2.67 bits per heavy atom. The Bertz CT molecular complexity index is 548. The fourth-order valence-electron chi connectivity index (χ4n) is 1.24. The number of carboxylic acid groups (broad SMARTS) is 1. The van der Waals surface area contributed by atoms with Gasteiger partial charge in [0.15, 0.2) is 0 Å². The molecule has 0 fully saturated rings. The summed E-state index contributed by atoms with van der Waals surface area (Å²) in [7, 11) is 0. The largest absolute Gasteiger partial charge is 0.544 e. The molecule has 6 heteroatoms. The number of non-ortho nitro benzene ring substituents is 1. The van der Waals surface area contributed by atoms with Crippen LogP contribution < -0.4 is 5.11 Å². The van der Waals surface area contributed by atoms with E-state index in [1.54, 1.807) is 0 Å². The minimum Gasteiger partial charge on any atom is -0.544 e. The summed E-state index contributed by atoms with van der Waals surface area (Å²) in [6.07, 6.45) is 0. The third kappa shape index (κ3) is 1.66. The van der Waals surface area contributed by atoms with Gasteiger partial charge in [0.05, 0.1) is 15.8 Å². The lowest BCUT2D eigenvalue weighted by atomic mass is 10.2. The molecule has 76 valence electrons. The monoisotopic (exact) mass is 222 g/mol. The second-order valence-corrected chi connectivity index (χ2v) is 3.96. The lowest BCUT2D eigenvalue weighted by molar-refractivity contribution is -0.384. The molecule has 2 rings (SSSR count). The molecule has 0 unspecified atom stereocenters. The quantitative estimate of drug-likeness (QED) is 0.564. The highest BCUT2D eigenvalue weighted by molar-refractivity contribution is 7.20. The fraction of sp³-hybridized carbons (Fsp3) is 0. The maximum Gasteiger partial charge on any atom is 0.270 e. The van der Waals surface area contributed by atoms with Crippen molar-refractivity contribution in [1.29, 1.82) is 0 Å². The number of hydrogen-bond acceptors (Lipinski definition) is 5. The first-order valence-corrected chi connectivity index (χ1v) is 4.79. The van der Waals surface area contributed by atoms with Crippen LogP contribution in [0.4, 0.5) is 5.69 Å². The molecule has 0 aliphatic carbocycles. The third-order valence-electron chi connectivity index (χ3n) is 1.91. The number of fused-ring (bicyclic) bond motifs is 1. The smallest absolute Gasteiger partial charge is 0.270 e. The first kappa shape index (κ1) is 9.60. The highest BCUT2D eigenvalue weighted by Gasteiger charge is 2.08. The molecular weight excluding hydrogens is 218 g/mol. The maximum atomic E-state index is 10.6. The molecule has 0 amide bonds. The van der Waals surface area contributed by atoms with Gasteiger partial charge in [0.1, 0.15) is 0 Å². The Kier molecular flexibility index (Phi) is 2.12. The van der Waals surface area contributed by atoms with Crippen molar-refractivity contribution in [3.05, 3.63) is 39.3 Å². The number of hydrogen-bond donors (Lipinski definition) is 0. The van der Waals surface area contributed by atoms with Gasteiger partial charge in [-0.15, -0.1) is 11.3 Å². The van der Waals surface area contributed by atoms with E-state index in [4.69, 9.17) is 0 Å². The molecule has 0 saturated heterocycles. The number of aromatic carboxylic acids is 1. The summed E-state index contributed by atoms with van der Waals surface area (Å²) in [5.74, 6) is -1.26. The van der Waals surface area contributed by atoms with Crippen molar-refractivity contribution in [3.63, 3.8) is 0 Å². The number of nitro groups is 1. The van der Waals surface area contributed by atoms with Gasteiger partial charge in [0.2, 0.25) is 0 Å². The molecule has 15 heavy (non-hydrogen) atoms. The molecule has 0 radical (unpaired) electrons. The molecule has 1 aromatic carbocycles. The molecule has 0 bridgehead atoms. The van der Waals surface area contributed by atoms with Crippen LogP contribution in [0.25, 0.3) is 10.1 Å². The minimum atomic E-state index is -1.26. The van der Waals surface area contributed by atoms with Crippen LogP contribution in [0.15, 0.2) is 24.3 Å². The van der Waals surface area contributed by atoms with Crippen LogP contribution in [-0.4, -0.2) is 10.9 Å². The first-order valence-electron chi connectivity index (χ1n) is 3.97. The molecule has 1 heterocycles. The van der Waals surface area contributed by atoms with Gasteiger partial charge in [-0.3, -0.25) is 10.1 Å². The van der Waals surface area contributed by atoms with Gasteiger partial charge < -0.3 is 9.90 Å². The standard InChI is InChI=1S/C9H5NO4S/c11-9(12)8-4-5-3-6(10(13)14)1-2-7(5)15-8/h1-4H,(H,11,12)/p-1. The van der Waals surface area contributed by atoms with Crippen molar-refractivity contribution in [1.82, 2.24) is 0 Å². The lowest BCUT2D eigenvalue weighted by Crippen LogP contribution is -2.20. The average Bonchev–Trinajstić information content (AvgIpc) is 2.59. The fourth-order valence-corrected chi connectivity index (χ4v) is 2.12. The summed E-state index contributed by atoms with van der Waals surface area (Å²) in [6, 6.07) is 5.60. The van der Waals surface area contributed by atoms with E-state index in [0.717, 1.165) is 11.3 Å². The molecule has 0 aliphatic heterocycles. The zero-order valence-corrected chi connectivity index (χ0v) is 8.11. The third-order valence-corrected chi connectivity index (χ3v) is 3.01. The van der Waals surface area contributed by atoms with Crippen LogP contribution >= 0.6 is 11.3 Å². The maximum absolute atomic E-state index is 10.6. The normalized spacial score (nSPS) is 10.4. The van der Waals surface area contributed by atoms with Crippen LogP contribution in [0.3, 0.4) is 0 Å². The number of benzene rings is 1. The number of nitrogens with zero attached hydrogens (tertiary/aromatic N) is 1. The van der Waals surface area contributed by atoms with Gasteiger partial charge >= 0.3 is 0 Å². The van der Waals surface area contributed by atoms with Gasteiger partial charge in [0, 0.05) is 16.8 Å². The Morgan fingerprint density at radius 2 is 2.07 bits per heavy atom. The Hall–Kier alpha value is -1.95. The van der Waals surface area contributed by atoms with Crippen LogP contribution in [0.5, 0.6) is 0 Å². The molecule has 0 atom stereocenters. The van der Waals surface area contributed by atoms with Crippen LogP contribution in [0, 0.1) is 10.1 Å². The van der Waals surface area contributed by atoms with E-state index in [1.165, 1.54) is 24.3 Å². The zero-order chi connectivity index (χ0) is 11.0. The topological polar surface area (TPSA) is 83.3 Å². The molecule has 0 saturated carbocycles. The summed E-state index contributed by atoms with van der Waals surface area (Å²) in [6.45, 7) is 0. The van der Waals surface area contributed by atoms with Crippen molar-refractivity contribution in [3.8, 4) is 0 Å². The SMILES string of the molecule is O=C([O-])c1cc2cc([N+](=O)[O-])ccc2s1. The highest BCUT2D eigenvalue weighted by atomic mass is 32.1. The van der Waals surface area contributed by atoms with E-state index in [1.807, 2.05) is 0 Å². The Morgan fingerprint density at radius 1 is 1.33 bits per heavy atom. The van der Waals surface area contributed by atoms with Crippen molar-refractivity contribution in [2.45, 2.75) is 0 Å². The molecule has 1 aromatic heterocycles. The number of carbonyl (C=O) groups excluding carboxylic acids is 1. The minimum absolute atomic E-state index is 0.0507. The summed E-state index contributed by atoms with van der Waals surface area (Å²) in [5.41, 5.74) is -0.0507. The van der Waals surface area contributed by atoms with Crippen molar-refractivity contribution in [2.24, 2.45) is 0 Å². The van der Waals surface area contributed by atoms with Crippen molar-refractivity contribution < 1.29 is 14.8 Å². The van der Waals surface area contributed by atoms with E-state index >= 15 is 0 Å². The predicted octanol–water partition coefficient (Wildman–Crippen LogP) is 1.17. The number of carboxylic acids is 1. The van der Waals surface area contributed by atoms with Crippen molar-refractivity contribution in [2.75, 3.05) is 0 Å². The number of thiophene rings is 1. The van der Waals surface area contributed by atoms with Gasteiger partial charge in [-0.1, -0.05) is 0 Å².